The normalized spacial score (nSPS) is 12.5. The molecule has 0 bridgehead atoms. The van der Waals surface area contributed by atoms with Crippen molar-refractivity contribution in [1.29, 1.82) is 0 Å². The minimum Gasteiger partial charge on any atom is -0.493 e. The maximum Gasteiger partial charge on any atom is 0.161 e. The number of methoxy groups -OCH3 is 2. The van der Waals surface area contributed by atoms with Crippen LogP contribution in [0.5, 0.6) is 11.5 Å². The van der Waals surface area contributed by atoms with Crippen LogP contribution >= 0.6 is 0 Å². The van der Waals surface area contributed by atoms with E-state index in [9.17, 15) is 0 Å². The fraction of sp³-hybridized carbons (Fsp3) is 0.647. The summed E-state index contributed by atoms with van der Waals surface area (Å²) in [5, 5.41) is 3.53. The second-order valence-corrected chi connectivity index (χ2v) is 5.55. The Balaban J connectivity index is 2.80. The molecule has 0 aliphatic heterocycles. The summed E-state index contributed by atoms with van der Waals surface area (Å²) in [4.78, 5) is 0. The fourth-order valence-electron chi connectivity index (χ4n) is 2.08. The fourth-order valence-corrected chi connectivity index (χ4v) is 2.08. The topological polar surface area (TPSA) is 39.7 Å². The van der Waals surface area contributed by atoms with Gasteiger partial charge in [0.05, 0.1) is 26.9 Å². The third-order valence-corrected chi connectivity index (χ3v) is 3.19. The molecule has 21 heavy (non-hydrogen) atoms. The molecule has 120 valence electrons. The van der Waals surface area contributed by atoms with Crippen molar-refractivity contribution >= 4 is 0 Å². The molecule has 1 atom stereocenters. The third-order valence-electron chi connectivity index (χ3n) is 3.19. The molecule has 1 aromatic carbocycles. The number of hydrogen-bond donors (Lipinski definition) is 1. The summed E-state index contributed by atoms with van der Waals surface area (Å²) in [6, 6.07) is 6.19. The lowest BCUT2D eigenvalue weighted by Crippen LogP contribution is -2.27. The molecule has 0 amide bonds. The molecule has 0 aliphatic carbocycles. The van der Waals surface area contributed by atoms with E-state index in [1.807, 2.05) is 12.1 Å². The van der Waals surface area contributed by atoms with Crippen molar-refractivity contribution in [2.45, 2.75) is 33.2 Å². The van der Waals surface area contributed by atoms with Gasteiger partial charge < -0.3 is 19.5 Å². The lowest BCUT2D eigenvalue weighted by molar-refractivity contribution is 0.0901. The third kappa shape index (κ3) is 5.94. The molecule has 0 fully saturated rings. The highest BCUT2D eigenvalue weighted by molar-refractivity contribution is 5.43. The average Bonchev–Trinajstić information content (AvgIpc) is 2.49. The van der Waals surface area contributed by atoms with Crippen LogP contribution in [0.2, 0.25) is 0 Å². The SMILES string of the molecule is CCCNC(COCC(C)C)c1ccc(OC)c(OC)c1. The summed E-state index contributed by atoms with van der Waals surface area (Å²) in [5.74, 6) is 2.04. The molecule has 0 saturated heterocycles. The van der Waals surface area contributed by atoms with E-state index in [4.69, 9.17) is 14.2 Å². The van der Waals surface area contributed by atoms with E-state index < -0.39 is 0 Å². The van der Waals surface area contributed by atoms with E-state index in [0.29, 0.717) is 12.5 Å². The monoisotopic (exact) mass is 295 g/mol. The van der Waals surface area contributed by atoms with Crippen LogP contribution in [0.15, 0.2) is 18.2 Å². The molecule has 4 nitrogen and oxygen atoms in total. The van der Waals surface area contributed by atoms with Gasteiger partial charge in [0.15, 0.2) is 11.5 Å². The first-order valence-corrected chi connectivity index (χ1v) is 7.65. The van der Waals surface area contributed by atoms with Gasteiger partial charge in [-0.1, -0.05) is 26.8 Å². The van der Waals surface area contributed by atoms with Gasteiger partial charge in [-0.25, -0.2) is 0 Å². The minimum absolute atomic E-state index is 0.170. The molecule has 1 aromatic rings. The lowest BCUT2D eigenvalue weighted by Gasteiger charge is -2.21. The average molecular weight is 295 g/mol. The van der Waals surface area contributed by atoms with Crippen molar-refractivity contribution in [2.24, 2.45) is 5.92 Å². The summed E-state index contributed by atoms with van der Waals surface area (Å²) in [6.45, 7) is 8.87. The van der Waals surface area contributed by atoms with Crippen LogP contribution in [0.4, 0.5) is 0 Å². The van der Waals surface area contributed by atoms with Crippen molar-refractivity contribution in [1.82, 2.24) is 5.32 Å². The van der Waals surface area contributed by atoms with Crippen molar-refractivity contribution in [3.63, 3.8) is 0 Å². The van der Waals surface area contributed by atoms with E-state index in [-0.39, 0.29) is 6.04 Å². The highest BCUT2D eigenvalue weighted by Gasteiger charge is 2.14. The number of benzene rings is 1. The summed E-state index contributed by atoms with van der Waals surface area (Å²) in [6.07, 6.45) is 1.09. The number of hydrogen-bond acceptors (Lipinski definition) is 4. The van der Waals surface area contributed by atoms with E-state index in [0.717, 1.165) is 36.6 Å². The van der Waals surface area contributed by atoms with Gasteiger partial charge in [-0.15, -0.1) is 0 Å². The Bertz CT molecular complexity index is 407. The quantitative estimate of drug-likeness (QED) is 0.718. The van der Waals surface area contributed by atoms with Crippen LogP contribution in [-0.2, 0) is 4.74 Å². The van der Waals surface area contributed by atoms with Crippen LogP contribution < -0.4 is 14.8 Å². The van der Waals surface area contributed by atoms with E-state index in [1.165, 1.54) is 0 Å². The van der Waals surface area contributed by atoms with Gasteiger partial charge >= 0.3 is 0 Å². The molecule has 1 unspecified atom stereocenters. The molecule has 0 saturated carbocycles. The summed E-state index contributed by atoms with van der Waals surface area (Å²) >= 11 is 0. The van der Waals surface area contributed by atoms with Crippen molar-refractivity contribution in [3.05, 3.63) is 23.8 Å². The van der Waals surface area contributed by atoms with Gasteiger partial charge in [0.2, 0.25) is 0 Å². The molecule has 0 heterocycles. The molecule has 0 aromatic heterocycles. The zero-order valence-corrected chi connectivity index (χ0v) is 13.9. The van der Waals surface area contributed by atoms with Crippen molar-refractivity contribution < 1.29 is 14.2 Å². The molecule has 0 spiro atoms. The van der Waals surface area contributed by atoms with Crippen LogP contribution in [0, 0.1) is 5.92 Å². The van der Waals surface area contributed by atoms with Crippen molar-refractivity contribution in [2.75, 3.05) is 34.0 Å². The molecule has 0 aliphatic rings. The number of rotatable bonds is 10. The largest absolute Gasteiger partial charge is 0.493 e. The Morgan fingerprint density at radius 2 is 1.76 bits per heavy atom. The van der Waals surface area contributed by atoms with Gasteiger partial charge in [0.25, 0.3) is 0 Å². The van der Waals surface area contributed by atoms with E-state index in [1.54, 1.807) is 14.2 Å². The smallest absolute Gasteiger partial charge is 0.161 e. The molecular formula is C17H29NO3. The van der Waals surface area contributed by atoms with Crippen LogP contribution in [0.25, 0.3) is 0 Å². The summed E-state index contributed by atoms with van der Waals surface area (Å²) < 4.78 is 16.5. The van der Waals surface area contributed by atoms with Crippen molar-refractivity contribution in [3.8, 4) is 11.5 Å². The Morgan fingerprint density at radius 3 is 2.33 bits per heavy atom. The van der Waals surface area contributed by atoms with Gasteiger partial charge in [-0.3, -0.25) is 0 Å². The number of ether oxygens (including phenoxy) is 3. The zero-order valence-electron chi connectivity index (χ0n) is 13.9. The predicted octanol–water partition coefficient (Wildman–Crippen LogP) is 3.42. The second kappa shape index (κ2) is 9.64. The molecular weight excluding hydrogens is 266 g/mol. The van der Waals surface area contributed by atoms with Crippen LogP contribution in [0.3, 0.4) is 0 Å². The summed E-state index contributed by atoms with van der Waals surface area (Å²) in [7, 11) is 3.31. The van der Waals surface area contributed by atoms with Gasteiger partial charge in [-0.05, 0) is 36.6 Å². The predicted molar refractivity (Wildman–Crippen MR) is 86.2 cm³/mol. The minimum atomic E-state index is 0.170. The first kappa shape index (κ1) is 17.8. The Labute approximate surface area is 128 Å². The Kier molecular flexibility index (Phi) is 8.16. The van der Waals surface area contributed by atoms with Gasteiger partial charge in [0.1, 0.15) is 0 Å². The highest BCUT2D eigenvalue weighted by Crippen LogP contribution is 2.30. The maximum absolute atomic E-state index is 5.80. The summed E-state index contributed by atoms with van der Waals surface area (Å²) in [5.41, 5.74) is 1.16. The lowest BCUT2D eigenvalue weighted by atomic mass is 10.1. The molecule has 1 rings (SSSR count). The van der Waals surface area contributed by atoms with E-state index in [2.05, 4.69) is 32.2 Å². The Morgan fingerprint density at radius 1 is 1.05 bits per heavy atom. The maximum atomic E-state index is 5.80. The molecule has 0 radical (unpaired) electrons. The highest BCUT2D eigenvalue weighted by atomic mass is 16.5. The van der Waals surface area contributed by atoms with Gasteiger partial charge in [-0.2, -0.15) is 0 Å². The second-order valence-electron chi connectivity index (χ2n) is 5.55. The first-order valence-electron chi connectivity index (χ1n) is 7.65. The van der Waals surface area contributed by atoms with Gasteiger partial charge in [0, 0.05) is 6.61 Å². The zero-order chi connectivity index (χ0) is 15.7. The van der Waals surface area contributed by atoms with Crippen LogP contribution in [0.1, 0.15) is 38.8 Å². The first-order chi connectivity index (χ1) is 10.1. The molecule has 4 heteroatoms. The number of nitrogens with one attached hydrogen (secondary N) is 1. The molecule has 1 N–H and O–H groups in total. The van der Waals surface area contributed by atoms with Crippen LogP contribution in [-0.4, -0.2) is 34.0 Å². The Hall–Kier alpha value is -1.26. The standard InChI is InChI=1S/C17H29NO3/c1-6-9-18-15(12-21-11-13(2)3)14-7-8-16(19-4)17(10-14)20-5/h7-8,10,13,15,18H,6,9,11-12H2,1-5H3. The van der Waals surface area contributed by atoms with E-state index >= 15 is 0 Å².